The van der Waals surface area contributed by atoms with Gasteiger partial charge in [-0.05, 0) is 91.2 Å². The third-order valence-corrected chi connectivity index (χ3v) is 8.33. The number of benzene rings is 3. The highest BCUT2D eigenvalue weighted by Gasteiger charge is 2.38. The van der Waals surface area contributed by atoms with Crippen molar-refractivity contribution in [1.29, 1.82) is 0 Å². The summed E-state index contributed by atoms with van der Waals surface area (Å²) >= 11 is 0. The van der Waals surface area contributed by atoms with E-state index in [2.05, 4.69) is 33.9 Å². The normalized spacial score (nSPS) is 16.6. The molecule has 0 saturated heterocycles. The number of rotatable bonds is 13. The fraction of sp³-hybridized carbons (Fsp3) is 0.324. The van der Waals surface area contributed by atoms with Crippen LogP contribution in [0, 0.1) is 6.92 Å². The second-order valence-electron chi connectivity index (χ2n) is 11.2. The zero-order valence-electron chi connectivity index (χ0n) is 24.3. The van der Waals surface area contributed by atoms with Gasteiger partial charge in [0.05, 0.1) is 11.6 Å². The molecule has 9 heteroatoms. The highest BCUT2D eigenvalue weighted by atomic mass is 16.3. The molecule has 224 valence electrons. The summed E-state index contributed by atoms with van der Waals surface area (Å²) < 4.78 is 0. The lowest BCUT2D eigenvalue weighted by atomic mass is 9.92. The molecule has 3 aromatic carbocycles. The lowest BCUT2D eigenvalue weighted by Crippen LogP contribution is -2.41. The summed E-state index contributed by atoms with van der Waals surface area (Å²) in [6, 6.07) is 19.6. The molecular weight excluding hydrogens is 544 g/mol. The largest absolute Gasteiger partial charge is 0.506 e. The van der Waals surface area contributed by atoms with E-state index in [-0.39, 0.29) is 17.2 Å². The van der Waals surface area contributed by atoms with E-state index in [4.69, 9.17) is 0 Å². The Bertz CT molecular complexity index is 1680. The number of aryl methyl sites for hydroxylation is 1. The van der Waals surface area contributed by atoms with Gasteiger partial charge in [-0.2, -0.15) is 0 Å². The van der Waals surface area contributed by atoms with Gasteiger partial charge < -0.3 is 30.6 Å². The maximum Gasteiger partial charge on any atom is 0.251 e. The number of unbranched alkanes of at least 4 members (excludes halogenated alkanes) is 1. The number of aliphatic hydroxyl groups is 1. The van der Waals surface area contributed by atoms with Crippen molar-refractivity contribution < 1.29 is 19.8 Å². The zero-order valence-corrected chi connectivity index (χ0v) is 24.3. The minimum absolute atomic E-state index is 0.0429. The van der Waals surface area contributed by atoms with Crippen LogP contribution in [0.25, 0.3) is 10.9 Å². The zero-order chi connectivity index (χ0) is 30.4. The first kappa shape index (κ1) is 30.2. The second-order valence-corrected chi connectivity index (χ2v) is 11.2. The van der Waals surface area contributed by atoms with E-state index in [0.29, 0.717) is 48.2 Å². The van der Waals surface area contributed by atoms with Crippen molar-refractivity contribution in [1.82, 2.24) is 20.9 Å². The Kier molecular flexibility index (Phi) is 9.35. The summed E-state index contributed by atoms with van der Waals surface area (Å²) in [6.07, 6.45) is 3.35. The van der Waals surface area contributed by atoms with Crippen molar-refractivity contribution in [3.8, 4) is 5.75 Å². The molecule has 1 aliphatic carbocycles. The molecule has 1 heterocycles. The van der Waals surface area contributed by atoms with Crippen LogP contribution in [0.2, 0.25) is 0 Å². The fourth-order valence-corrected chi connectivity index (χ4v) is 5.92. The van der Waals surface area contributed by atoms with Crippen LogP contribution in [0.4, 0.5) is 0 Å². The summed E-state index contributed by atoms with van der Waals surface area (Å²) in [7, 11) is 0. The predicted molar refractivity (Wildman–Crippen MR) is 166 cm³/mol. The van der Waals surface area contributed by atoms with Crippen LogP contribution in [0.15, 0.2) is 71.5 Å². The molecule has 5 rings (SSSR count). The molecule has 0 spiro atoms. The number of aromatic amines is 1. The van der Waals surface area contributed by atoms with Crippen LogP contribution in [0.5, 0.6) is 5.75 Å². The number of hydrogen-bond acceptors (Lipinski definition) is 7. The summed E-state index contributed by atoms with van der Waals surface area (Å²) in [5, 5.41) is 31.0. The number of nitrogens with one attached hydrogen (secondary N) is 4. The topological polar surface area (TPSA) is 144 Å². The first-order valence-corrected chi connectivity index (χ1v) is 14.7. The van der Waals surface area contributed by atoms with Crippen molar-refractivity contribution in [2.24, 2.45) is 0 Å². The number of amides is 1. The van der Waals surface area contributed by atoms with Gasteiger partial charge in [-0.15, -0.1) is 0 Å². The Morgan fingerprint density at radius 3 is 2.72 bits per heavy atom. The van der Waals surface area contributed by atoms with Gasteiger partial charge in [0.1, 0.15) is 17.6 Å². The van der Waals surface area contributed by atoms with E-state index < -0.39 is 11.6 Å². The Hall–Kier alpha value is -4.31. The van der Waals surface area contributed by atoms with Crippen molar-refractivity contribution in [3.63, 3.8) is 0 Å². The molecule has 1 amide bonds. The van der Waals surface area contributed by atoms with Gasteiger partial charge in [-0.1, -0.05) is 36.4 Å². The molecule has 43 heavy (non-hydrogen) atoms. The number of phenolic OH excluding ortho intramolecular Hbond substituents is 1. The minimum Gasteiger partial charge on any atom is -0.506 e. The smallest absolute Gasteiger partial charge is 0.251 e. The van der Waals surface area contributed by atoms with Crippen LogP contribution >= 0.6 is 0 Å². The van der Waals surface area contributed by atoms with Crippen LogP contribution in [0.1, 0.15) is 63.5 Å². The molecule has 1 aliphatic rings. The SMILES string of the molecule is Cc1cccc2c1CCC2(C=O)NCc1cccc(C(=O)NCCCCNCC(O)c2ccc(O)c3[nH]c(=O)ccc23)c1. The maximum atomic E-state index is 12.8. The number of aromatic nitrogens is 1. The number of fused-ring (bicyclic) bond motifs is 2. The Balaban J connectivity index is 1.05. The summed E-state index contributed by atoms with van der Waals surface area (Å²) in [6.45, 7) is 4.04. The molecule has 4 aromatic rings. The number of aliphatic hydroxyl groups excluding tert-OH is 1. The van der Waals surface area contributed by atoms with Crippen LogP contribution in [0.3, 0.4) is 0 Å². The molecule has 0 saturated carbocycles. The Labute approximate surface area is 250 Å². The molecule has 0 aliphatic heterocycles. The lowest BCUT2D eigenvalue weighted by molar-refractivity contribution is -0.113. The first-order chi connectivity index (χ1) is 20.8. The predicted octanol–water partition coefficient (Wildman–Crippen LogP) is 3.51. The van der Waals surface area contributed by atoms with Gasteiger partial charge in [0, 0.05) is 36.7 Å². The van der Waals surface area contributed by atoms with Crippen molar-refractivity contribution in [3.05, 3.63) is 110 Å². The number of hydrogen-bond donors (Lipinski definition) is 6. The molecule has 0 radical (unpaired) electrons. The first-order valence-electron chi connectivity index (χ1n) is 14.7. The summed E-state index contributed by atoms with van der Waals surface area (Å²) in [5.41, 5.74) is 4.90. The van der Waals surface area contributed by atoms with Crippen molar-refractivity contribution >= 4 is 23.1 Å². The number of pyridine rings is 1. The van der Waals surface area contributed by atoms with Gasteiger partial charge in [0.25, 0.3) is 5.91 Å². The van der Waals surface area contributed by atoms with Gasteiger partial charge in [0.2, 0.25) is 5.56 Å². The Morgan fingerprint density at radius 1 is 1.07 bits per heavy atom. The van der Waals surface area contributed by atoms with E-state index in [9.17, 15) is 24.6 Å². The molecule has 1 aromatic heterocycles. The molecule has 2 unspecified atom stereocenters. The molecule has 9 nitrogen and oxygen atoms in total. The number of carbonyl (C=O) groups excluding carboxylic acids is 2. The van der Waals surface area contributed by atoms with E-state index in [1.54, 1.807) is 18.2 Å². The summed E-state index contributed by atoms with van der Waals surface area (Å²) in [5.74, 6) is -0.187. The van der Waals surface area contributed by atoms with E-state index in [0.717, 1.165) is 43.1 Å². The maximum absolute atomic E-state index is 12.8. The van der Waals surface area contributed by atoms with Crippen LogP contribution < -0.4 is 21.5 Å². The van der Waals surface area contributed by atoms with E-state index in [1.807, 2.05) is 30.3 Å². The average Bonchev–Trinajstić information content (AvgIpc) is 3.40. The molecule has 6 N–H and O–H groups in total. The second kappa shape index (κ2) is 13.3. The highest BCUT2D eigenvalue weighted by molar-refractivity contribution is 5.94. The van der Waals surface area contributed by atoms with E-state index >= 15 is 0 Å². The van der Waals surface area contributed by atoms with Gasteiger partial charge in [-0.25, -0.2) is 0 Å². The van der Waals surface area contributed by atoms with Gasteiger partial charge >= 0.3 is 0 Å². The standard InChI is InChI=1S/C34H38N4O5/c1-22-6-4-9-28-25(22)14-15-34(28,21-39)37-19-23-7-5-8-24(18-23)33(43)36-17-3-2-16-35-20-30(41)26-10-12-29(40)32-27(26)11-13-31(42)38-32/h4-13,18,21,30,35,37,40-41H,2-3,14-17,19-20H2,1H3,(H,36,43)(H,38,42). The molecule has 0 fully saturated rings. The van der Waals surface area contributed by atoms with Gasteiger partial charge in [-0.3, -0.25) is 14.9 Å². The average molecular weight is 583 g/mol. The molecule has 0 bridgehead atoms. The quantitative estimate of drug-likeness (QED) is 0.105. The lowest BCUT2D eigenvalue weighted by Gasteiger charge is -2.26. The third-order valence-electron chi connectivity index (χ3n) is 8.33. The number of aldehydes is 1. The minimum atomic E-state index is -0.815. The summed E-state index contributed by atoms with van der Waals surface area (Å²) in [4.78, 5) is 39.2. The molecule has 2 atom stereocenters. The number of H-pyrrole nitrogens is 1. The van der Waals surface area contributed by atoms with Crippen molar-refractivity contribution in [2.45, 2.75) is 50.8 Å². The monoisotopic (exact) mass is 582 g/mol. The fourth-order valence-electron chi connectivity index (χ4n) is 5.92. The third kappa shape index (κ3) is 6.69. The van der Waals surface area contributed by atoms with Crippen LogP contribution in [-0.4, -0.2) is 47.0 Å². The number of carbonyl (C=O) groups is 2. The highest BCUT2D eigenvalue weighted by Crippen LogP contribution is 2.37. The number of phenols is 1. The van der Waals surface area contributed by atoms with Gasteiger partial charge in [0.15, 0.2) is 0 Å². The van der Waals surface area contributed by atoms with Crippen molar-refractivity contribution in [2.75, 3.05) is 19.6 Å². The Morgan fingerprint density at radius 2 is 1.88 bits per heavy atom. The molecular formula is C34H38N4O5. The van der Waals surface area contributed by atoms with E-state index in [1.165, 1.54) is 23.3 Å². The van der Waals surface area contributed by atoms with Crippen LogP contribution in [-0.2, 0) is 23.3 Å². The number of aromatic hydroxyl groups is 1.